The zero-order valence-electron chi connectivity index (χ0n) is 18.5. The maximum Gasteiger partial charge on any atom is 0.451 e. The summed E-state index contributed by atoms with van der Waals surface area (Å²) >= 11 is 0. The first-order valence-electron chi connectivity index (χ1n) is 11.0. The quantitative estimate of drug-likeness (QED) is 0.232. The molecule has 3 unspecified atom stereocenters. The number of nitrogens with one attached hydrogen (secondary N) is 1. The Hall–Kier alpha value is -2.67. The van der Waals surface area contributed by atoms with E-state index in [4.69, 9.17) is 26.3 Å². The Morgan fingerprint density at radius 3 is 2.52 bits per heavy atom. The lowest BCUT2D eigenvalue weighted by Crippen LogP contribution is -2.57. The molecule has 1 fully saturated rings. The van der Waals surface area contributed by atoms with E-state index in [9.17, 15) is 19.5 Å². The molecule has 1 aromatic rings. The van der Waals surface area contributed by atoms with Gasteiger partial charge in [-0.25, -0.2) is 4.79 Å². The Bertz CT molecular complexity index is 783. The summed E-state index contributed by atoms with van der Waals surface area (Å²) in [6.07, 6.45) is 0.435. The maximum absolute atomic E-state index is 12.9. The lowest BCUT2D eigenvalue weighted by Gasteiger charge is -2.38. The molecule has 1 saturated heterocycles. The number of carboxylic acids is 1. The molecule has 12 heteroatoms. The minimum Gasteiger partial charge on any atom is -0.481 e. The molecule has 2 amide bonds. The number of carbonyl (C=O) groups is 3. The summed E-state index contributed by atoms with van der Waals surface area (Å²) in [6.45, 7) is 0.589. The molecule has 1 aromatic carbocycles. The molecule has 4 atom stereocenters. The van der Waals surface area contributed by atoms with Crippen molar-refractivity contribution in [3.63, 3.8) is 0 Å². The number of nitrogens with zero attached hydrogens (tertiary/aromatic N) is 1. The number of hydrogen-bond acceptors (Lipinski definition) is 8. The first kappa shape index (κ1) is 26.6. The lowest BCUT2D eigenvalue weighted by molar-refractivity contribution is -0.147. The van der Waals surface area contributed by atoms with E-state index in [-0.39, 0.29) is 44.9 Å². The van der Waals surface area contributed by atoms with Crippen molar-refractivity contribution in [3.8, 4) is 0 Å². The fourth-order valence-corrected chi connectivity index (χ4v) is 3.85. The number of carboxylic acid groups (broad SMARTS) is 1. The highest BCUT2D eigenvalue weighted by Crippen LogP contribution is 2.26. The summed E-state index contributed by atoms with van der Waals surface area (Å²) in [5, 5.41) is 30.2. The number of aliphatic carboxylic acids is 1. The molecule has 33 heavy (non-hydrogen) atoms. The molecular formula is C21H33BN4O7. The Morgan fingerprint density at radius 2 is 1.88 bits per heavy atom. The molecule has 0 aliphatic carbocycles. The standard InChI is InChI=1S/C21H33BN4O7/c23-17(7-9-25-21(30)33-13-14-4-2-1-3-5-14)18(24)19(27)26-11-15(6-8-22(31)32)10-16(12-26)20(28)29/h1-5,15-18,31-32H,6-13,23-24H2,(H,25,30)(H,28,29)/t15?,16?,17-,18?/m1/s1. The van der Waals surface area contributed by atoms with Gasteiger partial charge < -0.3 is 41.6 Å². The molecule has 0 radical (unpaired) electrons. The van der Waals surface area contributed by atoms with Crippen LogP contribution >= 0.6 is 0 Å². The highest BCUT2D eigenvalue weighted by molar-refractivity contribution is 6.40. The molecule has 1 heterocycles. The highest BCUT2D eigenvalue weighted by atomic mass is 16.5. The number of benzene rings is 1. The van der Waals surface area contributed by atoms with E-state index in [1.54, 1.807) is 0 Å². The SMILES string of the molecule is NC(C(=O)N1CC(CCB(O)O)CC(C(=O)O)C1)[C@H](N)CCNC(=O)OCc1ccccc1. The number of carbonyl (C=O) groups excluding carboxylic acids is 2. The number of amides is 2. The predicted octanol–water partition coefficient (Wildman–Crippen LogP) is -0.630. The van der Waals surface area contributed by atoms with Gasteiger partial charge in [0.15, 0.2) is 0 Å². The summed E-state index contributed by atoms with van der Waals surface area (Å²) in [4.78, 5) is 37.6. The van der Waals surface area contributed by atoms with Crippen LogP contribution in [0, 0.1) is 11.8 Å². The third kappa shape index (κ3) is 9.01. The summed E-state index contributed by atoms with van der Waals surface area (Å²) in [7, 11) is -1.48. The zero-order chi connectivity index (χ0) is 24.4. The van der Waals surface area contributed by atoms with Crippen molar-refractivity contribution in [2.75, 3.05) is 19.6 Å². The van der Waals surface area contributed by atoms with E-state index in [2.05, 4.69) is 5.32 Å². The predicted molar refractivity (Wildman–Crippen MR) is 121 cm³/mol. The third-order valence-corrected chi connectivity index (χ3v) is 5.74. The number of nitrogens with two attached hydrogens (primary N) is 2. The second-order valence-corrected chi connectivity index (χ2v) is 8.40. The van der Waals surface area contributed by atoms with Crippen LogP contribution < -0.4 is 16.8 Å². The number of hydrogen-bond donors (Lipinski definition) is 6. The zero-order valence-corrected chi connectivity index (χ0v) is 18.5. The van der Waals surface area contributed by atoms with Crippen LogP contribution in [0.15, 0.2) is 30.3 Å². The van der Waals surface area contributed by atoms with E-state index in [0.29, 0.717) is 12.8 Å². The summed E-state index contributed by atoms with van der Waals surface area (Å²) < 4.78 is 5.11. The van der Waals surface area contributed by atoms with Crippen molar-refractivity contribution in [2.24, 2.45) is 23.3 Å². The van der Waals surface area contributed by atoms with E-state index in [1.165, 1.54) is 4.90 Å². The van der Waals surface area contributed by atoms with Crippen LogP contribution in [0.4, 0.5) is 4.79 Å². The van der Waals surface area contributed by atoms with Gasteiger partial charge in [0.05, 0.1) is 12.0 Å². The van der Waals surface area contributed by atoms with Gasteiger partial charge in [-0.05, 0) is 30.6 Å². The molecule has 11 nitrogen and oxygen atoms in total. The molecular weight excluding hydrogens is 431 g/mol. The van der Waals surface area contributed by atoms with Crippen molar-refractivity contribution >= 4 is 25.1 Å². The Balaban J connectivity index is 1.80. The van der Waals surface area contributed by atoms with Crippen LogP contribution in [0.5, 0.6) is 0 Å². The number of rotatable bonds is 11. The van der Waals surface area contributed by atoms with E-state index >= 15 is 0 Å². The Kier molecular flexibility index (Phi) is 10.6. The highest BCUT2D eigenvalue weighted by Gasteiger charge is 2.36. The largest absolute Gasteiger partial charge is 0.481 e. The van der Waals surface area contributed by atoms with Crippen molar-refractivity contribution in [1.29, 1.82) is 0 Å². The molecule has 0 aromatic heterocycles. The molecule has 8 N–H and O–H groups in total. The molecule has 182 valence electrons. The Labute approximate surface area is 193 Å². The second-order valence-electron chi connectivity index (χ2n) is 8.40. The average Bonchev–Trinajstić information content (AvgIpc) is 2.80. The van der Waals surface area contributed by atoms with Crippen LogP contribution in [-0.2, 0) is 20.9 Å². The fourth-order valence-electron chi connectivity index (χ4n) is 3.85. The molecule has 0 saturated carbocycles. The average molecular weight is 464 g/mol. The number of likely N-dealkylation sites (tertiary alicyclic amines) is 1. The van der Waals surface area contributed by atoms with Crippen LogP contribution in [0.2, 0.25) is 6.32 Å². The topological polar surface area (TPSA) is 188 Å². The van der Waals surface area contributed by atoms with Crippen molar-refractivity contribution < 1.29 is 34.3 Å². The van der Waals surface area contributed by atoms with Crippen LogP contribution in [0.1, 0.15) is 24.8 Å². The van der Waals surface area contributed by atoms with Gasteiger partial charge in [-0.3, -0.25) is 9.59 Å². The molecule has 0 bridgehead atoms. The van der Waals surface area contributed by atoms with Gasteiger partial charge in [-0.2, -0.15) is 0 Å². The van der Waals surface area contributed by atoms with Crippen LogP contribution in [-0.4, -0.2) is 76.9 Å². The molecule has 1 aliphatic heterocycles. The van der Waals surface area contributed by atoms with Gasteiger partial charge in [0, 0.05) is 25.7 Å². The van der Waals surface area contributed by atoms with Gasteiger partial charge in [-0.15, -0.1) is 0 Å². The van der Waals surface area contributed by atoms with Crippen molar-refractivity contribution in [3.05, 3.63) is 35.9 Å². The monoisotopic (exact) mass is 464 g/mol. The van der Waals surface area contributed by atoms with E-state index < -0.39 is 43.1 Å². The number of ether oxygens (including phenoxy) is 1. The summed E-state index contributed by atoms with van der Waals surface area (Å²) in [6, 6.07) is 7.39. The van der Waals surface area contributed by atoms with Gasteiger partial charge >= 0.3 is 19.2 Å². The second kappa shape index (κ2) is 13.1. The smallest absolute Gasteiger partial charge is 0.451 e. The first-order valence-corrected chi connectivity index (χ1v) is 11.0. The molecule has 0 spiro atoms. The number of alkyl carbamates (subject to hydrolysis) is 1. The minimum absolute atomic E-state index is 0.0246. The van der Waals surface area contributed by atoms with Crippen molar-refractivity contribution in [1.82, 2.24) is 10.2 Å². The van der Waals surface area contributed by atoms with E-state index in [1.807, 2.05) is 30.3 Å². The Morgan fingerprint density at radius 1 is 1.18 bits per heavy atom. The normalized spacial score (nSPS) is 19.9. The van der Waals surface area contributed by atoms with Gasteiger partial charge in [-0.1, -0.05) is 36.8 Å². The fraction of sp³-hybridized carbons (Fsp3) is 0.571. The maximum atomic E-state index is 12.9. The minimum atomic E-state index is -1.48. The van der Waals surface area contributed by atoms with Crippen LogP contribution in [0.25, 0.3) is 0 Å². The summed E-state index contributed by atoms with van der Waals surface area (Å²) in [5.74, 6) is -2.42. The summed E-state index contributed by atoms with van der Waals surface area (Å²) in [5.41, 5.74) is 13.0. The van der Waals surface area contributed by atoms with E-state index in [0.717, 1.165) is 5.56 Å². The number of piperidine rings is 1. The van der Waals surface area contributed by atoms with Gasteiger partial charge in [0.1, 0.15) is 6.61 Å². The van der Waals surface area contributed by atoms with Crippen molar-refractivity contribution in [2.45, 2.75) is 44.3 Å². The molecule has 1 aliphatic rings. The van der Waals surface area contributed by atoms with Gasteiger partial charge in [0.25, 0.3) is 0 Å². The third-order valence-electron chi connectivity index (χ3n) is 5.74. The lowest BCUT2D eigenvalue weighted by atomic mass is 9.77. The molecule has 2 rings (SSSR count). The first-order chi connectivity index (χ1) is 15.7. The van der Waals surface area contributed by atoms with Crippen LogP contribution in [0.3, 0.4) is 0 Å². The van der Waals surface area contributed by atoms with Gasteiger partial charge in [0.2, 0.25) is 5.91 Å².